The van der Waals surface area contributed by atoms with Crippen molar-refractivity contribution in [2.45, 2.75) is 30.0 Å². The zero-order chi connectivity index (χ0) is 15.0. The van der Waals surface area contributed by atoms with Crippen LogP contribution in [0.25, 0.3) is 0 Å². The molecule has 2 rings (SSSR count). The highest BCUT2D eigenvalue weighted by Gasteiger charge is 2.34. The molecule has 1 aliphatic heterocycles. The van der Waals surface area contributed by atoms with Crippen LogP contribution < -0.4 is 5.73 Å². The molecular formula is C12H15F3N2O2S. The molecule has 0 saturated carbocycles. The lowest BCUT2D eigenvalue weighted by Gasteiger charge is -2.30. The van der Waals surface area contributed by atoms with Gasteiger partial charge in [0.15, 0.2) is 0 Å². The first kappa shape index (κ1) is 15.3. The number of piperidine rings is 1. The van der Waals surface area contributed by atoms with Crippen LogP contribution in [0.2, 0.25) is 0 Å². The van der Waals surface area contributed by atoms with E-state index in [1.807, 2.05) is 0 Å². The van der Waals surface area contributed by atoms with Crippen molar-refractivity contribution < 1.29 is 21.6 Å². The molecule has 8 heteroatoms. The quantitative estimate of drug-likeness (QED) is 0.906. The van der Waals surface area contributed by atoms with Crippen LogP contribution in [0.4, 0.5) is 13.2 Å². The Morgan fingerprint density at radius 3 is 2.60 bits per heavy atom. The number of benzene rings is 1. The molecule has 1 aromatic carbocycles. The Balaban J connectivity index is 2.34. The molecule has 112 valence electrons. The van der Waals surface area contributed by atoms with Gasteiger partial charge >= 0.3 is 6.18 Å². The minimum absolute atomic E-state index is 0.137. The summed E-state index contributed by atoms with van der Waals surface area (Å²) in [6.07, 6.45) is -3.24. The fraction of sp³-hybridized carbons (Fsp3) is 0.500. The first-order chi connectivity index (χ1) is 9.21. The summed E-state index contributed by atoms with van der Waals surface area (Å²) in [5, 5.41) is 0. The van der Waals surface area contributed by atoms with E-state index in [9.17, 15) is 21.6 Å². The maximum Gasteiger partial charge on any atom is 0.416 e. The number of nitrogens with zero attached hydrogens (tertiary/aromatic N) is 1. The predicted molar refractivity (Wildman–Crippen MR) is 67.4 cm³/mol. The maximum absolute atomic E-state index is 12.6. The van der Waals surface area contributed by atoms with E-state index in [-0.39, 0.29) is 24.0 Å². The van der Waals surface area contributed by atoms with E-state index in [0.717, 1.165) is 16.4 Å². The number of sulfonamides is 1. The van der Waals surface area contributed by atoms with Crippen LogP contribution in [0.5, 0.6) is 0 Å². The van der Waals surface area contributed by atoms with Crippen molar-refractivity contribution in [3.05, 3.63) is 29.8 Å². The standard InChI is InChI=1S/C12H15F3N2O2S/c13-12(14,15)9-3-1-5-11(7-9)20(18,19)17-6-2-4-10(16)8-17/h1,3,5,7,10H,2,4,6,8,16H2. The summed E-state index contributed by atoms with van der Waals surface area (Å²) in [6, 6.07) is 3.50. The van der Waals surface area contributed by atoms with Crippen molar-refractivity contribution in [2.24, 2.45) is 5.73 Å². The molecule has 1 aromatic rings. The van der Waals surface area contributed by atoms with Gasteiger partial charge in [0, 0.05) is 19.1 Å². The largest absolute Gasteiger partial charge is 0.416 e. The second kappa shape index (κ2) is 5.34. The molecule has 0 radical (unpaired) electrons. The Morgan fingerprint density at radius 2 is 2.00 bits per heavy atom. The maximum atomic E-state index is 12.6. The van der Waals surface area contributed by atoms with Crippen LogP contribution in [0.1, 0.15) is 18.4 Å². The fourth-order valence-electron chi connectivity index (χ4n) is 2.17. The number of rotatable bonds is 2. The van der Waals surface area contributed by atoms with Gasteiger partial charge in [-0.3, -0.25) is 0 Å². The summed E-state index contributed by atoms with van der Waals surface area (Å²) in [5.74, 6) is 0. The van der Waals surface area contributed by atoms with Crippen molar-refractivity contribution in [1.82, 2.24) is 4.31 Å². The minimum Gasteiger partial charge on any atom is -0.327 e. The zero-order valence-electron chi connectivity index (χ0n) is 10.6. The lowest BCUT2D eigenvalue weighted by Crippen LogP contribution is -2.45. The second-order valence-electron chi connectivity index (χ2n) is 4.79. The highest BCUT2D eigenvalue weighted by Crippen LogP contribution is 2.31. The van der Waals surface area contributed by atoms with Gasteiger partial charge in [0.1, 0.15) is 0 Å². The molecule has 1 saturated heterocycles. The van der Waals surface area contributed by atoms with Crippen LogP contribution in [0, 0.1) is 0 Å². The molecule has 0 amide bonds. The predicted octanol–water partition coefficient (Wildman–Crippen LogP) is 1.82. The third-order valence-corrected chi connectivity index (χ3v) is 5.08. The minimum atomic E-state index is -4.57. The van der Waals surface area contributed by atoms with Crippen molar-refractivity contribution in [3.63, 3.8) is 0 Å². The normalized spacial score (nSPS) is 21.9. The lowest BCUT2D eigenvalue weighted by molar-refractivity contribution is -0.137. The molecule has 1 fully saturated rings. The van der Waals surface area contributed by atoms with E-state index in [2.05, 4.69) is 0 Å². The number of hydrogen-bond acceptors (Lipinski definition) is 3. The van der Waals surface area contributed by atoms with Gasteiger partial charge in [-0.2, -0.15) is 17.5 Å². The van der Waals surface area contributed by atoms with Crippen LogP contribution in [0.3, 0.4) is 0 Å². The first-order valence-corrected chi connectivity index (χ1v) is 7.58. The van der Waals surface area contributed by atoms with Crippen LogP contribution >= 0.6 is 0 Å². The third kappa shape index (κ3) is 3.13. The van der Waals surface area contributed by atoms with Crippen molar-refractivity contribution in [2.75, 3.05) is 13.1 Å². The molecule has 0 aliphatic carbocycles. The Labute approximate surface area is 115 Å². The summed E-state index contributed by atoms with van der Waals surface area (Å²) >= 11 is 0. The van der Waals surface area contributed by atoms with Gasteiger partial charge in [-0.25, -0.2) is 8.42 Å². The summed E-state index contributed by atoms with van der Waals surface area (Å²) < 4.78 is 63.7. The summed E-state index contributed by atoms with van der Waals surface area (Å²) in [4.78, 5) is -0.346. The fourth-order valence-corrected chi connectivity index (χ4v) is 3.76. The van der Waals surface area contributed by atoms with E-state index in [0.29, 0.717) is 18.9 Å². The van der Waals surface area contributed by atoms with Gasteiger partial charge in [0.05, 0.1) is 10.5 Å². The van der Waals surface area contributed by atoms with E-state index in [4.69, 9.17) is 5.73 Å². The third-order valence-electron chi connectivity index (χ3n) is 3.22. The molecule has 0 spiro atoms. The van der Waals surface area contributed by atoms with Crippen molar-refractivity contribution >= 4 is 10.0 Å². The number of nitrogens with two attached hydrogens (primary N) is 1. The highest BCUT2D eigenvalue weighted by atomic mass is 32.2. The monoisotopic (exact) mass is 308 g/mol. The summed E-state index contributed by atoms with van der Waals surface area (Å²) in [5.41, 5.74) is 4.74. The van der Waals surface area contributed by atoms with E-state index < -0.39 is 21.8 Å². The van der Waals surface area contributed by atoms with E-state index in [1.165, 1.54) is 6.07 Å². The smallest absolute Gasteiger partial charge is 0.327 e. The molecule has 2 N–H and O–H groups in total. The van der Waals surface area contributed by atoms with Gasteiger partial charge in [-0.15, -0.1) is 0 Å². The molecule has 1 heterocycles. The Bertz CT molecular complexity index is 587. The average molecular weight is 308 g/mol. The van der Waals surface area contributed by atoms with Gasteiger partial charge < -0.3 is 5.73 Å². The van der Waals surface area contributed by atoms with Gasteiger partial charge in [-0.05, 0) is 31.0 Å². The van der Waals surface area contributed by atoms with Gasteiger partial charge in [-0.1, -0.05) is 6.07 Å². The molecule has 0 aromatic heterocycles. The number of halogens is 3. The zero-order valence-corrected chi connectivity index (χ0v) is 11.4. The van der Waals surface area contributed by atoms with Crippen LogP contribution in [-0.2, 0) is 16.2 Å². The molecule has 1 unspecified atom stereocenters. The highest BCUT2D eigenvalue weighted by molar-refractivity contribution is 7.89. The second-order valence-corrected chi connectivity index (χ2v) is 6.73. The number of hydrogen-bond donors (Lipinski definition) is 1. The molecule has 0 bridgehead atoms. The Morgan fingerprint density at radius 1 is 1.30 bits per heavy atom. The van der Waals surface area contributed by atoms with E-state index in [1.54, 1.807) is 0 Å². The van der Waals surface area contributed by atoms with Gasteiger partial charge in [0.25, 0.3) is 0 Å². The summed E-state index contributed by atoms with van der Waals surface area (Å²) in [6.45, 7) is 0.421. The Hall–Kier alpha value is -1.12. The van der Waals surface area contributed by atoms with E-state index >= 15 is 0 Å². The topological polar surface area (TPSA) is 63.4 Å². The number of alkyl halides is 3. The first-order valence-electron chi connectivity index (χ1n) is 6.14. The van der Waals surface area contributed by atoms with Crippen molar-refractivity contribution in [1.29, 1.82) is 0 Å². The molecular weight excluding hydrogens is 293 g/mol. The average Bonchev–Trinajstić information content (AvgIpc) is 2.38. The lowest BCUT2D eigenvalue weighted by atomic mass is 10.1. The summed E-state index contributed by atoms with van der Waals surface area (Å²) in [7, 11) is -3.92. The Kier molecular flexibility index (Phi) is 4.08. The molecule has 4 nitrogen and oxygen atoms in total. The molecule has 20 heavy (non-hydrogen) atoms. The van der Waals surface area contributed by atoms with Crippen LogP contribution in [0.15, 0.2) is 29.2 Å². The van der Waals surface area contributed by atoms with Gasteiger partial charge in [0.2, 0.25) is 10.0 Å². The van der Waals surface area contributed by atoms with Crippen molar-refractivity contribution in [3.8, 4) is 0 Å². The molecule has 1 aliphatic rings. The van der Waals surface area contributed by atoms with Crippen LogP contribution in [-0.4, -0.2) is 31.9 Å². The molecule has 1 atom stereocenters. The SMILES string of the molecule is NC1CCCN(S(=O)(=O)c2cccc(C(F)(F)F)c2)C1.